The Balaban J connectivity index is 2.31. The smallest absolute Gasteiger partial charge is 0.0733 e. The van der Waals surface area contributed by atoms with Gasteiger partial charge in [0.2, 0.25) is 0 Å². The summed E-state index contributed by atoms with van der Waals surface area (Å²) in [5.41, 5.74) is 4.88. The molecule has 0 fully saturated rings. The molecule has 0 aliphatic rings. The van der Waals surface area contributed by atoms with Gasteiger partial charge in [-0.15, -0.1) is 0 Å². The van der Waals surface area contributed by atoms with Crippen LogP contribution in [0.25, 0.3) is 0 Å². The van der Waals surface area contributed by atoms with Gasteiger partial charge in [-0.1, -0.05) is 17.8 Å². The maximum absolute atomic E-state index is 4.21. The normalized spacial score (nSPS) is 10.8. The maximum atomic E-state index is 4.21. The monoisotopic (exact) mass is 232 g/mol. The van der Waals surface area contributed by atoms with E-state index in [0.717, 1.165) is 11.4 Å². The lowest BCUT2D eigenvalue weighted by Crippen LogP contribution is -1.82. The number of benzene rings is 1. The highest BCUT2D eigenvalue weighted by atomic mass is 32.2. The van der Waals surface area contributed by atoms with E-state index in [4.69, 9.17) is 0 Å². The number of hydrogen-bond donors (Lipinski definition) is 1. The van der Waals surface area contributed by atoms with E-state index in [2.05, 4.69) is 49.2 Å². The molecule has 1 heterocycles. The molecule has 0 amide bonds. The Morgan fingerprint density at radius 2 is 1.81 bits per heavy atom. The summed E-state index contributed by atoms with van der Waals surface area (Å²) in [5, 5.41) is 7.22. The summed E-state index contributed by atoms with van der Waals surface area (Å²) in [6, 6.07) is 6.56. The number of hydrogen-bond acceptors (Lipinski definition) is 2. The predicted octanol–water partition coefficient (Wildman–Crippen LogP) is 3.79. The summed E-state index contributed by atoms with van der Waals surface area (Å²) in [4.78, 5) is 2.51. The zero-order chi connectivity index (χ0) is 11.7. The van der Waals surface area contributed by atoms with Gasteiger partial charge in [-0.05, 0) is 51.0 Å². The van der Waals surface area contributed by atoms with Crippen molar-refractivity contribution in [3.05, 3.63) is 40.7 Å². The largest absolute Gasteiger partial charge is 0.281 e. The van der Waals surface area contributed by atoms with Gasteiger partial charge >= 0.3 is 0 Å². The number of nitrogens with zero attached hydrogens (tertiary/aromatic N) is 1. The molecule has 2 nitrogen and oxygen atoms in total. The first kappa shape index (κ1) is 11.3. The lowest BCUT2D eigenvalue weighted by Gasteiger charge is -2.05. The van der Waals surface area contributed by atoms with Crippen LogP contribution in [-0.2, 0) is 0 Å². The number of rotatable bonds is 2. The zero-order valence-electron chi connectivity index (χ0n) is 10.1. The minimum Gasteiger partial charge on any atom is -0.281 e. The van der Waals surface area contributed by atoms with Crippen LogP contribution in [-0.4, -0.2) is 10.2 Å². The second-order valence-electron chi connectivity index (χ2n) is 4.11. The van der Waals surface area contributed by atoms with Gasteiger partial charge in [0.25, 0.3) is 0 Å². The van der Waals surface area contributed by atoms with Crippen molar-refractivity contribution in [2.75, 3.05) is 0 Å². The molecular weight excluding hydrogens is 216 g/mol. The van der Waals surface area contributed by atoms with Gasteiger partial charge in [0, 0.05) is 10.6 Å². The van der Waals surface area contributed by atoms with Crippen molar-refractivity contribution in [3.63, 3.8) is 0 Å². The third-order valence-corrected chi connectivity index (χ3v) is 4.05. The first-order valence-corrected chi connectivity index (χ1v) is 6.16. The van der Waals surface area contributed by atoms with E-state index >= 15 is 0 Å². The van der Waals surface area contributed by atoms with Crippen molar-refractivity contribution >= 4 is 11.8 Å². The lowest BCUT2D eigenvalue weighted by molar-refractivity contribution is 1.02. The fourth-order valence-corrected chi connectivity index (χ4v) is 2.59. The van der Waals surface area contributed by atoms with Gasteiger partial charge in [0.05, 0.1) is 10.6 Å². The summed E-state index contributed by atoms with van der Waals surface area (Å²) in [7, 11) is 0. The van der Waals surface area contributed by atoms with Gasteiger partial charge in [0.15, 0.2) is 0 Å². The molecule has 0 saturated heterocycles. The van der Waals surface area contributed by atoms with Gasteiger partial charge in [-0.3, -0.25) is 5.10 Å². The second kappa shape index (κ2) is 4.34. The Labute approximate surface area is 100 Å². The summed E-state index contributed by atoms with van der Waals surface area (Å²) in [5.74, 6) is 0. The van der Waals surface area contributed by atoms with Crippen LogP contribution >= 0.6 is 11.8 Å². The zero-order valence-corrected chi connectivity index (χ0v) is 10.9. The van der Waals surface area contributed by atoms with Crippen LogP contribution in [0.2, 0.25) is 0 Å². The average Bonchev–Trinajstić information content (AvgIpc) is 2.55. The summed E-state index contributed by atoms with van der Waals surface area (Å²) >= 11 is 1.78. The van der Waals surface area contributed by atoms with Crippen LogP contribution in [0.1, 0.15) is 22.5 Å². The second-order valence-corrected chi connectivity index (χ2v) is 5.20. The van der Waals surface area contributed by atoms with E-state index in [1.165, 1.54) is 20.9 Å². The fraction of sp³-hybridized carbons (Fsp3) is 0.308. The van der Waals surface area contributed by atoms with Gasteiger partial charge in [-0.2, -0.15) is 5.10 Å². The van der Waals surface area contributed by atoms with Crippen LogP contribution in [0.5, 0.6) is 0 Å². The number of aryl methyl sites for hydroxylation is 4. The average molecular weight is 232 g/mol. The van der Waals surface area contributed by atoms with Gasteiger partial charge in [0.1, 0.15) is 0 Å². The number of aromatic nitrogens is 2. The van der Waals surface area contributed by atoms with E-state index in [0.29, 0.717) is 0 Å². The molecule has 0 radical (unpaired) electrons. The molecule has 0 spiro atoms. The minimum atomic E-state index is 1.07. The highest BCUT2D eigenvalue weighted by Gasteiger charge is 2.08. The van der Waals surface area contributed by atoms with Crippen molar-refractivity contribution in [1.29, 1.82) is 0 Å². The van der Waals surface area contributed by atoms with E-state index < -0.39 is 0 Å². The Bertz CT molecular complexity index is 495. The van der Waals surface area contributed by atoms with E-state index in [1.54, 1.807) is 11.8 Å². The molecule has 3 heteroatoms. The summed E-state index contributed by atoms with van der Waals surface area (Å²) < 4.78 is 0. The molecule has 0 aliphatic carbocycles. The van der Waals surface area contributed by atoms with Crippen LogP contribution in [0.4, 0.5) is 0 Å². The van der Waals surface area contributed by atoms with Gasteiger partial charge in [-0.25, -0.2) is 0 Å². The first-order valence-electron chi connectivity index (χ1n) is 5.34. The van der Waals surface area contributed by atoms with Crippen molar-refractivity contribution < 1.29 is 0 Å². The van der Waals surface area contributed by atoms with Crippen molar-refractivity contribution in [1.82, 2.24) is 10.2 Å². The van der Waals surface area contributed by atoms with E-state index in [-0.39, 0.29) is 0 Å². The Hall–Kier alpha value is -1.22. The molecule has 0 unspecified atom stereocenters. The van der Waals surface area contributed by atoms with Crippen LogP contribution < -0.4 is 0 Å². The third kappa shape index (κ3) is 2.14. The molecule has 1 aromatic carbocycles. The highest BCUT2D eigenvalue weighted by molar-refractivity contribution is 7.99. The molecule has 16 heavy (non-hydrogen) atoms. The quantitative estimate of drug-likeness (QED) is 0.853. The Morgan fingerprint density at radius 3 is 2.38 bits per heavy atom. The fourth-order valence-electron chi connectivity index (χ4n) is 1.59. The molecule has 84 valence electrons. The molecular formula is C13H16N2S. The number of H-pyrrole nitrogens is 1. The van der Waals surface area contributed by atoms with Crippen molar-refractivity contribution in [3.8, 4) is 0 Å². The molecule has 1 N–H and O–H groups in total. The van der Waals surface area contributed by atoms with E-state index in [1.807, 2.05) is 6.92 Å². The van der Waals surface area contributed by atoms with Crippen LogP contribution in [0.3, 0.4) is 0 Å². The molecule has 0 bridgehead atoms. The lowest BCUT2D eigenvalue weighted by atomic mass is 10.1. The van der Waals surface area contributed by atoms with Crippen LogP contribution in [0, 0.1) is 27.7 Å². The molecule has 2 aromatic rings. The predicted molar refractivity (Wildman–Crippen MR) is 68.1 cm³/mol. The molecule has 2 rings (SSSR count). The van der Waals surface area contributed by atoms with Crippen molar-refractivity contribution in [2.45, 2.75) is 37.5 Å². The maximum Gasteiger partial charge on any atom is 0.0733 e. The highest BCUT2D eigenvalue weighted by Crippen LogP contribution is 2.32. The van der Waals surface area contributed by atoms with Gasteiger partial charge < -0.3 is 0 Å². The molecule has 0 aliphatic heterocycles. The third-order valence-electron chi connectivity index (χ3n) is 2.76. The molecule has 1 aromatic heterocycles. The Kier molecular flexibility index (Phi) is 3.06. The van der Waals surface area contributed by atoms with E-state index in [9.17, 15) is 0 Å². The summed E-state index contributed by atoms with van der Waals surface area (Å²) in [6.45, 7) is 8.38. The van der Waals surface area contributed by atoms with Crippen molar-refractivity contribution in [2.24, 2.45) is 0 Å². The SMILES string of the molecule is Cc1ccc(Sc2c(C)n[nH]c2C)cc1C. The topological polar surface area (TPSA) is 28.7 Å². The molecule has 0 atom stereocenters. The van der Waals surface area contributed by atoms with Crippen LogP contribution in [0.15, 0.2) is 28.0 Å². The standard InChI is InChI=1S/C13H16N2S/c1-8-5-6-12(7-9(8)2)16-13-10(3)14-15-11(13)4/h5-7H,1-4H3,(H,14,15). The molecule has 0 saturated carbocycles. The number of nitrogens with one attached hydrogen (secondary N) is 1. The Morgan fingerprint density at radius 1 is 1.06 bits per heavy atom. The summed E-state index contributed by atoms with van der Waals surface area (Å²) in [6.07, 6.45) is 0. The number of aromatic amines is 1. The minimum absolute atomic E-state index is 1.07. The first-order chi connectivity index (χ1) is 7.58.